The van der Waals surface area contributed by atoms with Crippen LogP contribution in [0, 0.1) is 0 Å². The predicted octanol–water partition coefficient (Wildman–Crippen LogP) is 6.51. The van der Waals surface area contributed by atoms with Crippen molar-refractivity contribution >= 4 is 0 Å². The van der Waals surface area contributed by atoms with Crippen LogP contribution in [0.25, 0.3) is 0 Å². The smallest absolute Gasteiger partial charge is 0.0683 e. The van der Waals surface area contributed by atoms with Crippen molar-refractivity contribution < 1.29 is 0 Å². The lowest BCUT2D eigenvalue weighted by molar-refractivity contribution is 1.50. The fourth-order valence-electron chi connectivity index (χ4n) is 0. The van der Waals surface area contributed by atoms with E-state index in [9.17, 15) is 0 Å². The molecule has 0 aromatic heterocycles. The van der Waals surface area contributed by atoms with Crippen molar-refractivity contribution in [3.8, 4) is 0 Å². The molecule has 0 heteroatoms. The van der Waals surface area contributed by atoms with Gasteiger partial charge in [-0.2, -0.15) is 0 Å². The van der Waals surface area contributed by atoms with Crippen LogP contribution in [0.3, 0.4) is 0 Å². The third kappa shape index (κ3) is 0. The molecule has 0 nitrogen and oxygen atoms in total. The summed E-state index contributed by atoms with van der Waals surface area (Å²) < 4.78 is 0. The maximum Gasteiger partial charge on any atom is -0.0683 e. The molecule has 0 atom stereocenters. The molecule has 0 rings (SSSR count). The van der Waals surface area contributed by atoms with E-state index in [-0.39, 0.29) is 52.0 Å². The van der Waals surface area contributed by atoms with Crippen LogP contribution in [-0.4, -0.2) is 0 Å². The zero-order valence-corrected chi connectivity index (χ0v) is 4.00. The molecule has 84 valence electrons. The first-order chi connectivity index (χ1) is 2.00. The van der Waals surface area contributed by atoms with Gasteiger partial charge in [-0.05, 0) is 0 Å². The van der Waals surface area contributed by atoms with Crippen molar-refractivity contribution in [1.29, 1.82) is 0 Å². The first-order valence-electron chi connectivity index (χ1n) is 2.00. The van der Waals surface area contributed by atoms with Gasteiger partial charge in [0.2, 0.25) is 0 Å². The van der Waals surface area contributed by atoms with Crippen LogP contribution in [0.5, 0.6) is 0 Å². The molecule has 0 heterocycles. The van der Waals surface area contributed by atoms with Crippen molar-refractivity contribution in [2.45, 2.75) is 79.7 Å². The minimum atomic E-state index is 0. The average molecular weight is 172 g/mol. The van der Waals surface area contributed by atoms with E-state index in [0.717, 1.165) is 0 Å². The summed E-state index contributed by atoms with van der Waals surface area (Å²) >= 11 is 0. The molecule has 0 bridgehead atoms. The van der Waals surface area contributed by atoms with Gasteiger partial charge in [0, 0.05) is 0 Å². The van der Waals surface area contributed by atoms with Gasteiger partial charge in [0.25, 0.3) is 0 Å². The van der Waals surface area contributed by atoms with Gasteiger partial charge >= 0.3 is 0 Å². The molecule has 0 saturated heterocycles. The molecule has 0 fully saturated rings. The zero-order valence-electron chi connectivity index (χ0n) is 4.00. The summed E-state index contributed by atoms with van der Waals surface area (Å²) in [6.45, 7) is 8.00. The van der Waals surface area contributed by atoms with E-state index in [2.05, 4.69) is 0 Å². The molecule has 11 heavy (non-hydrogen) atoms. The fraction of sp³-hybridized carbons (Fsp3) is 1.00. The van der Waals surface area contributed by atoms with Gasteiger partial charge in [0.15, 0.2) is 0 Å². The Balaban J connectivity index is -0.000000000635. The van der Waals surface area contributed by atoms with Crippen LogP contribution in [0.15, 0.2) is 0 Å². The highest BCUT2D eigenvalue weighted by atomic mass is 13.0. The largest absolute Gasteiger partial charge is 0.0776 e. The van der Waals surface area contributed by atoms with Crippen LogP contribution < -0.4 is 0 Å². The van der Waals surface area contributed by atoms with Gasteiger partial charge in [-0.15, -0.1) is 0 Å². The molecule has 0 N–H and O–H groups in total. The lowest BCUT2D eigenvalue weighted by Gasteiger charge is -1.07. The summed E-state index contributed by atoms with van der Waals surface area (Å²) in [6, 6.07) is 0. The summed E-state index contributed by atoms with van der Waals surface area (Å²) in [5, 5.41) is 0. The Morgan fingerprint density at radius 2 is 0.273 bits per heavy atom. The Labute approximate surface area is 80.4 Å². The Bertz CT molecular complexity index is 0. The van der Waals surface area contributed by atoms with Crippen LogP contribution >= 0.6 is 0 Å². The maximum atomic E-state index is 2.00. The van der Waals surface area contributed by atoms with E-state index in [0.29, 0.717) is 0 Å². The van der Waals surface area contributed by atoms with E-state index in [1.54, 1.807) is 0 Å². The van der Waals surface area contributed by atoms with E-state index in [1.165, 1.54) is 0 Å². The standard InChI is InChI=1S/2C2H6.7CH4/c2*1-2;;;;;;;/h2*1-2H3;7*1H4. The van der Waals surface area contributed by atoms with Gasteiger partial charge < -0.3 is 0 Å². The summed E-state index contributed by atoms with van der Waals surface area (Å²) in [6.07, 6.45) is 0. The highest BCUT2D eigenvalue weighted by Gasteiger charge is 0.934. The maximum absolute atomic E-state index is 2.00. The molecule has 0 aromatic carbocycles. The van der Waals surface area contributed by atoms with Crippen LogP contribution in [-0.2, 0) is 0 Å². The first kappa shape index (κ1) is 275. The molecule has 0 aromatic rings. The van der Waals surface area contributed by atoms with E-state index < -0.39 is 0 Å². The minimum absolute atomic E-state index is 0. The van der Waals surface area contributed by atoms with Crippen LogP contribution in [0.2, 0.25) is 0 Å². The Hall–Kier alpha value is 0. The van der Waals surface area contributed by atoms with Gasteiger partial charge in [0.05, 0.1) is 0 Å². The predicted molar refractivity (Wildman–Crippen MR) is 69.8 cm³/mol. The minimum Gasteiger partial charge on any atom is -0.0776 e. The quantitative estimate of drug-likeness (QED) is 0.391. The number of hydrogen-bond donors (Lipinski definition) is 0. The molecule has 0 saturated carbocycles. The van der Waals surface area contributed by atoms with Crippen molar-refractivity contribution in [3.05, 3.63) is 0 Å². The Morgan fingerprint density at radius 3 is 0.273 bits per heavy atom. The van der Waals surface area contributed by atoms with Crippen LogP contribution in [0.1, 0.15) is 79.7 Å². The molecule has 0 aliphatic rings. The second-order valence-corrected chi connectivity index (χ2v) is 0. The lowest BCUT2D eigenvalue weighted by atomic mass is 11.0. The van der Waals surface area contributed by atoms with Gasteiger partial charge in [-0.3, -0.25) is 0 Å². The molecule has 0 unspecified atom stereocenters. The third-order valence-corrected chi connectivity index (χ3v) is 0. The highest BCUT2D eigenvalue weighted by Crippen LogP contribution is 1.15. The molecule has 0 aliphatic carbocycles. The van der Waals surface area contributed by atoms with Crippen molar-refractivity contribution in [3.63, 3.8) is 0 Å². The van der Waals surface area contributed by atoms with Gasteiger partial charge in [0.1, 0.15) is 0 Å². The zero-order chi connectivity index (χ0) is 4.00. The molecule has 0 spiro atoms. The first-order valence-corrected chi connectivity index (χ1v) is 2.00. The normalized spacial score (nSPS) is 1.09. The van der Waals surface area contributed by atoms with Crippen LogP contribution in [0.4, 0.5) is 0 Å². The summed E-state index contributed by atoms with van der Waals surface area (Å²) in [5.41, 5.74) is 0. The fourth-order valence-corrected chi connectivity index (χ4v) is 0. The van der Waals surface area contributed by atoms with E-state index in [4.69, 9.17) is 0 Å². The molecular weight excluding hydrogens is 132 g/mol. The van der Waals surface area contributed by atoms with Crippen molar-refractivity contribution in [2.75, 3.05) is 0 Å². The number of rotatable bonds is 0. The lowest BCUT2D eigenvalue weighted by Crippen LogP contribution is -0.856. The Kier molecular flexibility index (Phi) is 0. The van der Waals surface area contributed by atoms with E-state index in [1.807, 2.05) is 27.7 Å². The molecular formula is C11H40. The second-order valence-electron chi connectivity index (χ2n) is 0. The summed E-state index contributed by atoms with van der Waals surface area (Å²) in [7, 11) is 0. The van der Waals surface area contributed by atoms with Gasteiger partial charge in [-0.25, -0.2) is 0 Å². The second kappa shape index (κ2) is 0. The molecule has 0 amide bonds. The Morgan fingerprint density at radius 1 is 0.273 bits per heavy atom. The monoisotopic (exact) mass is 172 g/mol. The molecule has 0 radical (unpaired) electrons. The van der Waals surface area contributed by atoms with E-state index >= 15 is 0 Å². The summed E-state index contributed by atoms with van der Waals surface area (Å²) in [5.74, 6) is 0. The number of hydrogen-bond acceptors (Lipinski definition) is 0. The van der Waals surface area contributed by atoms with Crippen molar-refractivity contribution in [1.82, 2.24) is 0 Å². The summed E-state index contributed by atoms with van der Waals surface area (Å²) in [4.78, 5) is 0. The highest BCUT2D eigenvalue weighted by molar-refractivity contribution is 3.51. The average Bonchev–Trinajstić information content (AvgIpc) is 1.50. The SMILES string of the molecule is C.C.C.C.C.C.C.CC.CC. The van der Waals surface area contributed by atoms with Crippen molar-refractivity contribution in [2.24, 2.45) is 0 Å². The molecule has 0 aliphatic heterocycles. The topological polar surface area (TPSA) is 0 Å². The third-order valence-electron chi connectivity index (χ3n) is 0. The van der Waals surface area contributed by atoms with Gasteiger partial charge in [-0.1, -0.05) is 79.7 Å².